The van der Waals surface area contributed by atoms with E-state index in [0.29, 0.717) is 13.1 Å². The molecule has 0 aliphatic carbocycles. The van der Waals surface area contributed by atoms with Crippen LogP contribution in [0.2, 0.25) is 0 Å². The first-order valence-corrected chi connectivity index (χ1v) is 7.16. The Morgan fingerprint density at radius 2 is 1.90 bits per heavy atom. The average molecular weight is 351 g/mol. The van der Waals surface area contributed by atoms with Crippen molar-refractivity contribution in [3.63, 3.8) is 0 Å². The van der Waals surface area contributed by atoms with Crippen LogP contribution in [0.1, 0.15) is 11.1 Å². The van der Waals surface area contributed by atoms with Gasteiger partial charge in [0.15, 0.2) is 0 Å². The number of nitrogens with one attached hydrogen (secondary N) is 1. The largest absolute Gasteiger partial charge is 0.497 e. The fraction of sp³-hybridized carbons (Fsp3) is 0.200. The zero-order valence-electron chi connectivity index (χ0n) is 11.5. The van der Waals surface area contributed by atoms with Gasteiger partial charge >= 0.3 is 0 Å². The van der Waals surface area contributed by atoms with Crippen molar-refractivity contribution in [1.82, 2.24) is 5.32 Å². The van der Waals surface area contributed by atoms with Crippen molar-refractivity contribution in [2.75, 3.05) is 7.11 Å². The molecule has 0 spiro atoms. The van der Waals surface area contributed by atoms with E-state index in [2.05, 4.69) is 21.2 Å². The molecule has 5 nitrogen and oxygen atoms in total. The van der Waals surface area contributed by atoms with E-state index < -0.39 is 0 Å². The smallest absolute Gasteiger partial charge is 0.269 e. The molecular formula is C15H15BrN2O3. The number of ether oxygens (including phenoxy) is 1. The molecule has 0 fully saturated rings. The molecule has 0 bridgehead atoms. The van der Waals surface area contributed by atoms with E-state index in [1.807, 2.05) is 24.3 Å². The predicted molar refractivity (Wildman–Crippen MR) is 84.3 cm³/mol. The van der Waals surface area contributed by atoms with Gasteiger partial charge in [0.25, 0.3) is 5.69 Å². The van der Waals surface area contributed by atoms with Gasteiger partial charge in [0, 0.05) is 29.7 Å². The Labute approximate surface area is 131 Å². The Bertz CT molecular complexity index is 629. The molecule has 21 heavy (non-hydrogen) atoms. The standard InChI is InChI=1S/C15H15BrN2O3/c1-21-14-5-2-11(3-6-14)9-17-10-12-8-13(18(19)20)4-7-15(12)16/h2-8,17H,9-10H2,1H3. The minimum Gasteiger partial charge on any atom is -0.497 e. The maximum atomic E-state index is 10.8. The van der Waals surface area contributed by atoms with Crippen LogP contribution in [0.25, 0.3) is 0 Å². The summed E-state index contributed by atoms with van der Waals surface area (Å²) >= 11 is 3.41. The lowest BCUT2D eigenvalue weighted by Crippen LogP contribution is -2.13. The van der Waals surface area contributed by atoms with Gasteiger partial charge in [-0.05, 0) is 29.3 Å². The number of nitro groups is 1. The summed E-state index contributed by atoms with van der Waals surface area (Å²) in [5.41, 5.74) is 2.08. The highest BCUT2D eigenvalue weighted by Gasteiger charge is 2.09. The van der Waals surface area contributed by atoms with Crippen molar-refractivity contribution in [3.8, 4) is 5.75 Å². The molecule has 0 atom stereocenters. The van der Waals surface area contributed by atoms with Gasteiger partial charge in [-0.15, -0.1) is 0 Å². The maximum absolute atomic E-state index is 10.8. The van der Waals surface area contributed by atoms with Crippen LogP contribution in [0, 0.1) is 10.1 Å². The highest BCUT2D eigenvalue weighted by Crippen LogP contribution is 2.22. The van der Waals surface area contributed by atoms with E-state index in [4.69, 9.17) is 4.74 Å². The second-order valence-corrected chi connectivity index (χ2v) is 5.34. The fourth-order valence-electron chi connectivity index (χ4n) is 1.90. The Balaban J connectivity index is 1.96. The molecule has 2 aromatic rings. The van der Waals surface area contributed by atoms with Crippen LogP contribution in [-0.4, -0.2) is 12.0 Å². The number of methoxy groups -OCH3 is 1. The summed E-state index contributed by atoms with van der Waals surface area (Å²) in [4.78, 5) is 10.4. The van der Waals surface area contributed by atoms with E-state index >= 15 is 0 Å². The molecule has 6 heteroatoms. The maximum Gasteiger partial charge on any atom is 0.269 e. The van der Waals surface area contributed by atoms with Crippen LogP contribution in [0.4, 0.5) is 5.69 Å². The third-order valence-electron chi connectivity index (χ3n) is 3.04. The first-order valence-electron chi connectivity index (χ1n) is 6.36. The Morgan fingerprint density at radius 1 is 1.19 bits per heavy atom. The summed E-state index contributed by atoms with van der Waals surface area (Å²) in [7, 11) is 1.63. The van der Waals surface area contributed by atoms with Crippen LogP contribution >= 0.6 is 15.9 Å². The number of hydrogen-bond donors (Lipinski definition) is 1. The topological polar surface area (TPSA) is 64.4 Å². The van der Waals surface area contributed by atoms with Crippen molar-refractivity contribution in [2.45, 2.75) is 13.1 Å². The van der Waals surface area contributed by atoms with Crippen molar-refractivity contribution < 1.29 is 9.66 Å². The lowest BCUT2D eigenvalue weighted by Gasteiger charge is -2.08. The summed E-state index contributed by atoms with van der Waals surface area (Å²) < 4.78 is 5.96. The second-order valence-electron chi connectivity index (χ2n) is 4.48. The molecule has 0 aromatic heterocycles. The van der Waals surface area contributed by atoms with Crippen LogP contribution in [0.3, 0.4) is 0 Å². The molecule has 0 saturated carbocycles. The molecule has 2 rings (SSSR count). The average Bonchev–Trinajstić information content (AvgIpc) is 2.49. The van der Waals surface area contributed by atoms with Gasteiger partial charge in [-0.2, -0.15) is 0 Å². The summed E-state index contributed by atoms with van der Waals surface area (Å²) in [5, 5.41) is 14.0. The van der Waals surface area contributed by atoms with Gasteiger partial charge in [0.05, 0.1) is 12.0 Å². The number of nitro benzene ring substituents is 1. The Kier molecular flexibility index (Phi) is 5.30. The molecule has 0 aliphatic rings. The summed E-state index contributed by atoms with van der Waals surface area (Å²) in [6, 6.07) is 12.5. The van der Waals surface area contributed by atoms with Gasteiger partial charge in [0.2, 0.25) is 0 Å². The number of non-ortho nitro benzene ring substituents is 1. The predicted octanol–water partition coefficient (Wildman–Crippen LogP) is 3.66. The van der Waals surface area contributed by atoms with Crippen LogP contribution < -0.4 is 10.1 Å². The van der Waals surface area contributed by atoms with Gasteiger partial charge in [-0.1, -0.05) is 28.1 Å². The highest BCUT2D eigenvalue weighted by molar-refractivity contribution is 9.10. The van der Waals surface area contributed by atoms with Crippen molar-refractivity contribution in [1.29, 1.82) is 0 Å². The molecule has 0 heterocycles. The van der Waals surface area contributed by atoms with E-state index in [1.54, 1.807) is 19.2 Å². The third kappa shape index (κ3) is 4.27. The number of rotatable bonds is 6. The number of nitrogens with zero attached hydrogens (tertiary/aromatic N) is 1. The lowest BCUT2D eigenvalue weighted by molar-refractivity contribution is -0.384. The first kappa shape index (κ1) is 15.5. The molecular weight excluding hydrogens is 336 g/mol. The Morgan fingerprint density at radius 3 is 2.52 bits per heavy atom. The molecule has 0 radical (unpaired) electrons. The number of benzene rings is 2. The molecule has 0 saturated heterocycles. The zero-order valence-corrected chi connectivity index (χ0v) is 13.1. The third-order valence-corrected chi connectivity index (χ3v) is 3.82. The molecule has 0 amide bonds. The number of halogens is 1. The van der Waals surface area contributed by atoms with Crippen LogP contribution in [-0.2, 0) is 13.1 Å². The van der Waals surface area contributed by atoms with E-state index in [9.17, 15) is 10.1 Å². The molecule has 2 aromatic carbocycles. The summed E-state index contributed by atoms with van der Waals surface area (Å²) in [6.45, 7) is 1.23. The quantitative estimate of drug-likeness (QED) is 0.637. The van der Waals surface area contributed by atoms with Crippen molar-refractivity contribution in [3.05, 3.63) is 68.2 Å². The monoisotopic (exact) mass is 350 g/mol. The van der Waals surface area contributed by atoms with Crippen LogP contribution in [0.5, 0.6) is 5.75 Å². The van der Waals surface area contributed by atoms with Crippen molar-refractivity contribution in [2.24, 2.45) is 0 Å². The zero-order chi connectivity index (χ0) is 15.2. The van der Waals surface area contributed by atoms with E-state index in [1.165, 1.54) is 6.07 Å². The minimum absolute atomic E-state index is 0.0967. The second kappa shape index (κ2) is 7.19. The molecule has 0 unspecified atom stereocenters. The normalized spacial score (nSPS) is 10.4. The molecule has 0 aliphatic heterocycles. The fourth-order valence-corrected chi connectivity index (χ4v) is 2.28. The highest BCUT2D eigenvalue weighted by atomic mass is 79.9. The SMILES string of the molecule is COc1ccc(CNCc2cc([N+](=O)[O-])ccc2Br)cc1. The van der Waals surface area contributed by atoms with Gasteiger partial charge < -0.3 is 10.1 Å². The van der Waals surface area contributed by atoms with Crippen molar-refractivity contribution >= 4 is 21.6 Å². The number of hydrogen-bond acceptors (Lipinski definition) is 4. The van der Waals surface area contributed by atoms with Gasteiger partial charge in [-0.25, -0.2) is 0 Å². The molecule has 1 N–H and O–H groups in total. The van der Waals surface area contributed by atoms with Crippen LogP contribution in [0.15, 0.2) is 46.9 Å². The van der Waals surface area contributed by atoms with E-state index in [-0.39, 0.29) is 10.6 Å². The van der Waals surface area contributed by atoms with E-state index in [0.717, 1.165) is 21.3 Å². The lowest BCUT2D eigenvalue weighted by atomic mass is 10.2. The summed E-state index contributed by atoms with van der Waals surface area (Å²) in [6.07, 6.45) is 0. The van der Waals surface area contributed by atoms with Gasteiger partial charge in [-0.3, -0.25) is 10.1 Å². The Hall–Kier alpha value is -1.92. The van der Waals surface area contributed by atoms with Gasteiger partial charge in [0.1, 0.15) is 5.75 Å². The first-order chi connectivity index (χ1) is 10.1. The molecule has 110 valence electrons. The summed E-state index contributed by atoms with van der Waals surface area (Å²) in [5.74, 6) is 0.820. The minimum atomic E-state index is -0.389.